The zero-order valence-corrected chi connectivity index (χ0v) is 11.5. The van der Waals surface area contributed by atoms with Crippen LogP contribution in [0.5, 0.6) is 11.5 Å². The molecule has 0 bridgehead atoms. The number of methoxy groups -OCH3 is 2. The summed E-state index contributed by atoms with van der Waals surface area (Å²) in [5.74, 6) is -1.68. The molecule has 0 fully saturated rings. The number of hydrogen-bond donors (Lipinski definition) is 2. The fourth-order valence-electron chi connectivity index (χ4n) is 1.62. The van der Waals surface area contributed by atoms with Crippen LogP contribution in [-0.2, 0) is 4.79 Å². The van der Waals surface area contributed by atoms with Crippen LogP contribution in [0.25, 0.3) is 0 Å². The first-order valence-corrected chi connectivity index (χ1v) is 5.78. The highest BCUT2D eigenvalue weighted by atomic mass is 79.9. The van der Waals surface area contributed by atoms with Crippen LogP contribution in [0.15, 0.2) is 10.5 Å². The van der Waals surface area contributed by atoms with Crippen molar-refractivity contribution in [3.8, 4) is 11.5 Å². The number of halogens is 2. The molecule has 3 N–H and O–H groups in total. The smallest absolute Gasteiger partial charge is 0.305 e. The number of carbonyl (C=O) groups is 1. The Hall–Kier alpha value is -1.34. The average Bonchev–Trinajstić information content (AvgIpc) is 2.26. The molecular formula is C11H13BrFNO4. The van der Waals surface area contributed by atoms with Crippen molar-refractivity contribution < 1.29 is 23.8 Å². The standard InChI is InChI=1S/C11H13BrFNO4/c1-17-10-6(13)3-5(12)9(11(10)18-2)7(14)4-8(15)16/h3,7H,4,14H2,1-2H3,(H,15,16). The molecule has 0 amide bonds. The van der Waals surface area contributed by atoms with Crippen LogP contribution in [0, 0.1) is 5.82 Å². The second-order valence-corrected chi connectivity index (χ2v) is 4.38. The van der Waals surface area contributed by atoms with Crippen LogP contribution in [-0.4, -0.2) is 25.3 Å². The minimum absolute atomic E-state index is 0.0955. The van der Waals surface area contributed by atoms with Crippen LogP contribution < -0.4 is 15.2 Å². The molecule has 100 valence electrons. The van der Waals surface area contributed by atoms with Crippen LogP contribution >= 0.6 is 15.9 Å². The lowest BCUT2D eigenvalue weighted by Crippen LogP contribution is -2.17. The van der Waals surface area contributed by atoms with E-state index in [1.807, 2.05) is 0 Å². The summed E-state index contributed by atoms with van der Waals surface area (Å²) in [6.07, 6.45) is -0.302. The van der Waals surface area contributed by atoms with E-state index in [2.05, 4.69) is 15.9 Å². The SMILES string of the molecule is COc1c(F)cc(Br)c(C(N)CC(=O)O)c1OC. The number of benzene rings is 1. The largest absolute Gasteiger partial charge is 0.492 e. The number of carboxylic acids is 1. The third-order valence-electron chi connectivity index (χ3n) is 2.35. The molecule has 1 rings (SSSR count). The van der Waals surface area contributed by atoms with Gasteiger partial charge in [-0.25, -0.2) is 4.39 Å². The maximum absolute atomic E-state index is 13.6. The average molecular weight is 322 g/mol. The maximum atomic E-state index is 13.6. The highest BCUT2D eigenvalue weighted by molar-refractivity contribution is 9.10. The summed E-state index contributed by atoms with van der Waals surface area (Å²) in [6, 6.07) is 0.333. The second kappa shape index (κ2) is 6.01. The predicted molar refractivity (Wildman–Crippen MR) is 66.4 cm³/mol. The summed E-state index contributed by atoms with van der Waals surface area (Å²) >= 11 is 3.14. The lowest BCUT2D eigenvalue weighted by atomic mass is 10.0. The van der Waals surface area contributed by atoms with Crippen LogP contribution in [0.2, 0.25) is 0 Å². The summed E-state index contributed by atoms with van der Waals surface area (Å²) in [5, 5.41) is 8.74. The van der Waals surface area contributed by atoms with Crippen molar-refractivity contribution in [2.75, 3.05) is 14.2 Å². The van der Waals surface area contributed by atoms with Gasteiger partial charge in [0.05, 0.1) is 20.6 Å². The highest BCUT2D eigenvalue weighted by Crippen LogP contribution is 2.41. The van der Waals surface area contributed by atoms with E-state index in [1.165, 1.54) is 20.3 Å². The van der Waals surface area contributed by atoms with E-state index >= 15 is 0 Å². The summed E-state index contributed by atoms with van der Waals surface area (Å²) in [4.78, 5) is 10.7. The van der Waals surface area contributed by atoms with E-state index < -0.39 is 17.8 Å². The van der Waals surface area contributed by atoms with Crippen LogP contribution in [0.3, 0.4) is 0 Å². The van der Waals surface area contributed by atoms with Crippen molar-refractivity contribution in [2.45, 2.75) is 12.5 Å². The molecule has 0 aliphatic rings. The molecule has 18 heavy (non-hydrogen) atoms. The van der Waals surface area contributed by atoms with Gasteiger partial charge in [-0.3, -0.25) is 4.79 Å². The lowest BCUT2D eigenvalue weighted by molar-refractivity contribution is -0.137. The summed E-state index contributed by atoms with van der Waals surface area (Å²) in [5.41, 5.74) is 6.14. The van der Waals surface area contributed by atoms with Gasteiger partial charge in [0.1, 0.15) is 0 Å². The molecule has 5 nitrogen and oxygen atoms in total. The zero-order chi connectivity index (χ0) is 13.9. The Morgan fingerprint density at radius 3 is 2.50 bits per heavy atom. The van der Waals surface area contributed by atoms with E-state index in [1.54, 1.807) is 0 Å². The number of nitrogens with two attached hydrogens (primary N) is 1. The van der Waals surface area contributed by atoms with Gasteiger partial charge in [-0.15, -0.1) is 0 Å². The number of hydrogen-bond acceptors (Lipinski definition) is 4. The normalized spacial score (nSPS) is 12.1. The number of aliphatic carboxylic acids is 1. The predicted octanol–water partition coefficient (Wildman–Crippen LogP) is 2.08. The quantitative estimate of drug-likeness (QED) is 0.867. The van der Waals surface area contributed by atoms with Crippen molar-refractivity contribution in [1.29, 1.82) is 0 Å². The van der Waals surface area contributed by atoms with E-state index in [4.69, 9.17) is 20.3 Å². The minimum atomic E-state index is -1.06. The molecule has 1 aromatic rings. The number of ether oxygens (including phenoxy) is 2. The Kier molecular flexibility index (Phi) is 4.92. The van der Waals surface area contributed by atoms with Gasteiger partial charge in [0.15, 0.2) is 17.3 Å². The Bertz CT molecular complexity index is 467. The van der Waals surface area contributed by atoms with E-state index in [-0.39, 0.29) is 17.9 Å². The van der Waals surface area contributed by atoms with Gasteiger partial charge in [-0.2, -0.15) is 0 Å². The van der Waals surface area contributed by atoms with E-state index in [9.17, 15) is 9.18 Å². The number of rotatable bonds is 5. The van der Waals surface area contributed by atoms with Gasteiger partial charge in [-0.1, -0.05) is 15.9 Å². The second-order valence-electron chi connectivity index (χ2n) is 3.52. The molecule has 0 aliphatic carbocycles. The lowest BCUT2D eigenvalue weighted by Gasteiger charge is -2.19. The van der Waals surface area contributed by atoms with Crippen molar-refractivity contribution in [3.05, 3.63) is 21.9 Å². The topological polar surface area (TPSA) is 81.8 Å². The van der Waals surface area contributed by atoms with Gasteiger partial charge < -0.3 is 20.3 Å². The number of carboxylic acid groups (broad SMARTS) is 1. The molecule has 0 heterocycles. The monoisotopic (exact) mass is 321 g/mol. The molecule has 1 aromatic carbocycles. The zero-order valence-electron chi connectivity index (χ0n) is 9.87. The van der Waals surface area contributed by atoms with E-state index in [0.717, 1.165) is 0 Å². The minimum Gasteiger partial charge on any atom is -0.492 e. The van der Waals surface area contributed by atoms with Crippen LogP contribution in [0.1, 0.15) is 18.0 Å². The van der Waals surface area contributed by atoms with Gasteiger partial charge in [0.2, 0.25) is 0 Å². The molecule has 0 aliphatic heterocycles. The molecule has 0 spiro atoms. The van der Waals surface area contributed by atoms with Crippen LogP contribution in [0.4, 0.5) is 4.39 Å². The Balaban J connectivity index is 3.37. The van der Waals surface area contributed by atoms with Gasteiger partial charge in [-0.05, 0) is 6.07 Å². The Labute approximate surface area is 112 Å². The van der Waals surface area contributed by atoms with Crippen molar-refractivity contribution in [3.63, 3.8) is 0 Å². The summed E-state index contributed by atoms with van der Waals surface area (Å²) in [6.45, 7) is 0. The Morgan fingerprint density at radius 2 is 2.06 bits per heavy atom. The third-order valence-corrected chi connectivity index (χ3v) is 3.01. The Morgan fingerprint density at radius 1 is 1.50 bits per heavy atom. The summed E-state index contributed by atoms with van der Waals surface area (Å²) < 4.78 is 23.9. The van der Waals surface area contributed by atoms with Gasteiger partial charge in [0.25, 0.3) is 0 Å². The third kappa shape index (κ3) is 2.91. The molecule has 0 saturated heterocycles. The van der Waals surface area contributed by atoms with Gasteiger partial charge in [0, 0.05) is 16.1 Å². The molecular weight excluding hydrogens is 309 g/mol. The molecule has 0 radical (unpaired) electrons. The first kappa shape index (κ1) is 14.7. The first-order valence-electron chi connectivity index (χ1n) is 4.99. The highest BCUT2D eigenvalue weighted by Gasteiger charge is 2.24. The molecule has 7 heteroatoms. The molecule has 0 saturated carbocycles. The van der Waals surface area contributed by atoms with Crippen molar-refractivity contribution in [2.24, 2.45) is 5.73 Å². The van der Waals surface area contributed by atoms with Gasteiger partial charge >= 0.3 is 5.97 Å². The van der Waals surface area contributed by atoms with E-state index in [0.29, 0.717) is 10.0 Å². The molecule has 1 atom stereocenters. The fraction of sp³-hybridized carbons (Fsp3) is 0.364. The molecule has 1 unspecified atom stereocenters. The van der Waals surface area contributed by atoms with Crippen molar-refractivity contribution >= 4 is 21.9 Å². The first-order chi connectivity index (χ1) is 8.42. The molecule has 0 aromatic heterocycles. The summed E-state index contributed by atoms with van der Waals surface area (Å²) in [7, 11) is 2.63. The maximum Gasteiger partial charge on any atom is 0.305 e. The fourth-order valence-corrected chi connectivity index (χ4v) is 2.30. The van der Waals surface area contributed by atoms with Crippen molar-refractivity contribution in [1.82, 2.24) is 0 Å².